The normalized spacial score (nSPS) is 9.32. The Labute approximate surface area is 119 Å². The van der Waals surface area contributed by atoms with Crippen LogP contribution in [0.25, 0.3) is 0 Å². The van der Waals surface area contributed by atoms with E-state index in [9.17, 15) is 4.79 Å². The molecule has 6 heteroatoms. The Morgan fingerprint density at radius 3 is 2.84 bits per heavy atom. The molecule has 0 spiro atoms. The maximum Gasteiger partial charge on any atom is 0.255 e. The first kappa shape index (κ1) is 17.3. The van der Waals surface area contributed by atoms with Crippen molar-refractivity contribution < 1.29 is 26.7 Å². The number of methoxy groups -OCH3 is 1. The van der Waals surface area contributed by atoms with Crippen molar-refractivity contribution in [2.24, 2.45) is 5.73 Å². The zero-order valence-electron chi connectivity index (χ0n) is 10.8. The Balaban J connectivity index is 0.00000324. The third kappa shape index (κ3) is 5.63. The van der Waals surface area contributed by atoms with Gasteiger partial charge in [-0.3, -0.25) is 4.79 Å². The van der Waals surface area contributed by atoms with Crippen molar-refractivity contribution in [1.29, 1.82) is 0 Å². The number of nitrogens with one attached hydrogen (secondary N) is 1. The first-order valence-corrected chi connectivity index (χ1v) is 5.57. The fourth-order valence-corrected chi connectivity index (χ4v) is 1.48. The third-order valence-electron chi connectivity index (χ3n) is 2.24. The summed E-state index contributed by atoms with van der Waals surface area (Å²) in [6, 6.07) is 5.53. The Kier molecular flexibility index (Phi) is 8.41. The van der Waals surface area contributed by atoms with Crippen molar-refractivity contribution in [3.05, 3.63) is 36.4 Å². The summed E-state index contributed by atoms with van der Waals surface area (Å²) >= 11 is 0. The van der Waals surface area contributed by atoms with Crippen LogP contribution in [0.5, 0.6) is 11.5 Å². The van der Waals surface area contributed by atoms with Gasteiger partial charge in [-0.2, -0.15) is 0 Å². The maximum absolute atomic E-state index is 10.8. The van der Waals surface area contributed by atoms with E-state index >= 15 is 0 Å². The zero-order valence-corrected chi connectivity index (χ0v) is 11.6. The Bertz CT molecular complexity index is 424. The number of primary amides is 1. The molecule has 0 saturated heterocycles. The second-order valence-electron chi connectivity index (χ2n) is 3.62. The number of halogens is 1. The van der Waals surface area contributed by atoms with Gasteiger partial charge >= 0.3 is 0 Å². The van der Waals surface area contributed by atoms with Crippen molar-refractivity contribution in [1.82, 2.24) is 5.32 Å². The van der Waals surface area contributed by atoms with Crippen molar-refractivity contribution >= 4 is 5.91 Å². The van der Waals surface area contributed by atoms with Gasteiger partial charge in [0.05, 0.1) is 7.11 Å². The minimum atomic E-state index is -0.522. The van der Waals surface area contributed by atoms with Crippen molar-refractivity contribution in [2.45, 2.75) is 6.54 Å². The molecule has 0 aliphatic rings. The number of hydrogen-bond donors (Lipinski definition) is 2. The minimum Gasteiger partial charge on any atom is -1.00 e. The average molecular weight is 286 g/mol. The molecule has 0 saturated carbocycles. The summed E-state index contributed by atoms with van der Waals surface area (Å²) in [7, 11) is 1.55. The largest absolute Gasteiger partial charge is 1.00 e. The standard InChI is InChI=1S/C13H18N2O3.ClH/c1-3-7-15-8-10-5-4-6-11(17-2)13(10)18-9-12(14)16;/h3-6,15H,1,7-9H2,2H3,(H2,14,16);1H/p-1. The molecule has 0 radical (unpaired) electrons. The molecule has 0 fully saturated rings. The topological polar surface area (TPSA) is 73.6 Å². The molecule has 1 aromatic rings. The average Bonchev–Trinajstić information content (AvgIpc) is 2.37. The summed E-state index contributed by atoms with van der Waals surface area (Å²) in [5.74, 6) is 0.593. The number of amides is 1. The highest BCUT2D eigenvalue weighted by Gasteiger charge is 2.11. The molecule has 106 valence electrons. The number of hydrogen-bond acceptors (Lipinski definition) is 4. The van der Waals surface area contributed by atoms with E-state index in [2.05, 4.69) is 11.9 Å². The fraction of sp³-hybridized carbons (Fsp3) is 0.308. The van der Waals surface area contributed by atoms with Crippen LogP contribution in [0.4, 0.5) is 0 Å². The first-order valence-electron chi connectivity index (χ1n) is 5.57. The molecule has 19 heavy (non-hydrogen) atoms. The van der Waals surface area contributed by atoms with E-state index in [0.717, 1.165) is 5.56 Å². The number of nitrogens with two attached hydrogens (primary N) is 1. The van der Waals surface area contributed by atoms with E-state index in [1.54, 1.807) is 19.3 Å². The first-order chi connectivity index (χ1) is 8.69. The summed E-state index contributed by atoms with van der Waals surface area (Å²) in [4.78, 5) is 10.8. The van der Waals surface area contributed by atoms with Gasteiger partial charge in [-0.05, 0) is 6.07 Å². The number of benzene rings is 1. The van der Waals surface area contributed by atoms with Crippen molar-refractivity contribution in [3.8, 4) is 11.5 Å². The van der Waals surface area contributed by atoms with Crippen LogP contribution in [-0.4, -0.2) is 26.2 Å². The van der Waals surface area contributed by atoms with E-state index < -0.39 is 5.91 Å². The third-order valence-corrected chi connectivity index (χ3v) is 2.24. The fourth-order valence-electron chi connectivity index (χ4n) is 1.48. The van der Waals surface area contributed by atoms with Gasteiger partial charge in [-0.15, -0.1) is 6.58 Å². The highest BCUT2D eigenvalue weighted by atomic mass is 35.5. The predicted molar refractivity (Wildman–Crippen MR) is 69.6 cm³/mol. The molecule has 1 amide bonds. The van der Waals surface area contributed by atoms with Gasteiger partial charge in [0.2, 0.25) is 0 Å². The van der Waals surface area contributed by atoms with Crippen LogP contribution in [0.2, 0.25) is 0 Å². The number of rotatable bonds is 8. The molecular weight excluding hydrogens is 268 g/mol. The van der Waals surface area contributed by atoms with Crippen LogP contribution in [0, 0.1) is 0 Å². The molecule has 1 rings (SSSR count). The highest BCUT2D eigenvalue weighted by Crippen LogP contribution is 2.30. The quantitative estimate of drug-likeness (QED) is 0.422. The van der Waals surface area contributed by atoms with Gasteiger partial charge in [0.1, 0.15) is 0 Å². The monoisotopic (exact) mass is 285 g/mol. The van der Waals surface area contributed by atoms with E-state index in [-0.39, 0.29) is 19.0 Å². The summed E-state index contributed by atoms with van der Waals surface area (Å²) in [5.41, 5.74) is 5.97. The van der Waals surface area contributed by atoms with Gasteiger partial charge < -0.3 is 32.9 Å². The van der Waals surface area contributed by atoms with E-state index in [1.807, 2.05) is 12.1 Å². The summed E-state index contributed by atoms with van der Waals surface area (Å²) in [6.07, 6.45) is 1.77. The number of ether oxygens (including phenoxy) is 2. The van der Waals surface area contributed by atoms with Crippen LogP contribution in [0.3, 0.4) is 0 Å². The highest BCUT2D eigenvalue weighted by molar-refractivity contribution is 5.75. The van der Waals surface area contributed by atoms with Gasteiger partial charge in [0.25, 0.3) is 5.91 Å². The SMILES string of the molecule is C=CCNCc1cccc(OC)c1OCC(N)=O.[Cl-]. The molecule has 0 heterocycles. The number of para-hydroxylation sites is 1. The van der Waals surface area contributed by atoms with Crippen LogP contribution >= 0.6 is 0 Å². The Morgan fingerprint density at radius 1 is 1.53 bits per heavy atom. The lowest BCUT2D eigenvalue weighted by molar-refractivity contribution is -0.119. The maximum atomic E-state index is 10.8. The lowest BCUT2D eigenvalue weighted by Crippen LogP contribution is -3.00. The van der Waals surface area contributed by atoms with Gasteiger partial charge in [0, 0.05) is 18.7 Å². The van der Waals surface area contributed by atoms with Gasteiger partial charge in [-0.25, -0.2) is 0 Å². The van der Waals surface area contributed by atoms with E-state index in [4.69, 9.17) is 15.2 Å². The minimum absolute atomic E-state index is 0. The smallest absolute Gasteiger partial charge is 0.255 e. The second kappa shape index (κ2) is 9.24. The Morgan fingerprint density at radius 2 is 2.26 bits per heavy atom. The van der Waals surface area contributed by atoms with Gasteiger partial charge in [0.15, 0.2) is 18.1 Å². The van der Waals surface area contributed by atoms with Crippen molar-refractivity contribution in [2.75, 3.05) is 20.3 Å². The van der Waals surface area contributed by atoms with Crippen LogP contribution in [-0.2, 0) is 11.3 Å². The molecule has 1 aromatic carbocycles. The molecular formula is C13H18ClN2O3-. The molecule has 0 unspecified atom stereocenters. The van der Waals surface area contributed by atoms with E-state index in [1.165, 1.54) is 0 Å². The number of carbonyl (C=O) groups is 1. The second-order valence-corrected chi connectivity index (χ2v) is 3.62. The zero-order chi connectivity index (χ0) is 13.4. The summed E-state index contributed by atoms with van der Waals surface area (Å²) in [5, 5.41) is 3.16. The molecule has 0 aromatic heterocycles. The molecule has 0 bridgehead atoms. The number of carbonyl (C=O) groups excluding carboxylic acids is 1. The summed E-state index contributed by atoms with van der Waals surface area (Å²) in [6.45, 7) is 4.74. The lowest BCUT2D eigenvalue weighted by atomic mass is 10.2. The van der Waals surface area contributed by atoms with E-state index in [0.29, 0.717) is 24.6 Å². The van der Waals surface area contributed by atoms with Crippen molar-refractivity contribution in [3.63, 3.8) is 0 Å². The summed E-state index contributed by atoms with van der Waals surface area (Å²) < 4.78 is 10.6. The van der Waals surface area contributed by atoms with Crippen LogP contribution in [0.1, 0.15) is 5.56 Å². The van der Waals surface area contributed by atoms with Crippen LogP contribution in [0.15, 0.2) is 30.9 Å². The predicted octanol–water partition coefficient (Wildman–Crippen LogP) is -2.16. The van der Waals surface area contributed by atoms with Crippen LogP contribution < -0.4 is 32.9 Å². The molecule has 3 N–H and O–H groups in total. The molecule has 0 atom stereocenters. The molecule has 5 nitrogen and oxygen atoms in total. The lowest BCUT2D eigenvalue weighted by Gasteiger charge is -2.14. The molecule has 0 aliphatic heterocycles. The molecule has 0 aliphatic carbocycles. The van der Waals surface area contributed by atoms with Gasteiger partial charge in [-0.1, -0.05) is 18.2 Å². The Hall–Kier alpha value is -1.72.